The van der Waals surface area contributed by atoms with Crippen molar-refractivity contribution in [3.8, 4) is 0 Å². The number of nitrogens with zero attached hydrogens (tertiary/aromatic N) is 3. The summed E-state index contributed by atoms with van der Waals surface area (Å²) in [5, 5.41) is 15.1. The number of hydrogen-bond acceptors (Lipinski definition) is 3. The van der Waals surface area contributed by atoms with Crippen LogP contribution in [0.5, 0.6) is 0 Å². The molecule has 5 nitrogen and oxygen atoms in total. The first-order valence-corrected chi connectivity index (χ1v) is 5.38. The van der Waals surface area contributed by atoms with Crippen LogP contribution in [0.15, 0.2) is 30.3 Å². The van der Waals surface area contributed by atoms with Crippen molar-refractivity contribution in [3.05, 3.63) is 56.7 Å². The SMILES string of the molecule is Cc1cc([N+](=O)[O-])nn1Cc1ccccc1Cl. The second-order valence-electron chi connectivity index (χ2n) is 3.65. The van der Waals surface area contributed by atoms with Gasteiger partial charge < -0.3 is 10.1 Å². The first kappa shape index (κ1) is 11.6. The molecule has 0 unspecified atom stereocenters. The molecule has 0 atom stereocenters. The molecule has 0 bridgehead atoms. The van der Waals surface area contributed by atoms with E-state index in [4.69, 9.17) is 11.6 Å². The Labute approximate surface area is 103 Å². The summed E-state index contributed by atoms with van der Waals surface area (Å²) in [5.74, 6) is -0.144. The maximum Gasteiger partial charge on any atom is 0.390 e. The normalized spacial score (nSPS) is 10.5. The monoisotopic (exact) mass is 251 g/mol. The molecule has 0 N–H and O–H groups in total. The summed E-state index contributed by atoms with van der Waals surface area (Å²) in [4.78, 5) is 10.1. The van der Waals surface area contributed by atoms with Crippen molar-refractivity contribution in [2.75, 3.05) is 0 Å². The van der Waals surface area contributed by atoms with Crippen LogP contribution in [-0.2, 0) is 6.54 Å². The molecule has 6 heteroatoms. The van der Waals surface area contributed by atoms with Gasteiger partial charge in [-0.3, -0.25) is 0 Å². The minimum absolute atomic E-state index is 0.144. The van der Waals surface area contributed by atoms with E-state index in [9.17, 15) is 10.1 Å². The zero-order valence-corrected chi connectivity index (χ0v) is 9.89. The standard InChI is InChI=1S/C11H10ClN3O2/c1-8-6-11(15(16)17)13-14(8)7-9-4-2-3-5-10(9)12/h2-6H,7H2,1H3. The summed E-state index contributed by atoms with van der Waals surface area (Å²) in [6.07, 6.45) is 0. The highest BCUT2D eigenvalue weighted by atomic mass is 35.5. The quantitative estimate of drug-likeness (QED) is 0.622. The van der Waals surface area contributed by atoms with Gasteiger partial charge in [0.05, 0.1) is 23.4 Å². The predicted octanol–water partition coefficient (Wildman–Crippen LogP) is 2.80. The van der Waals surface area contributed by atoms with E-state index in [0.717, 1.165) is 11.3 Å². The molecule has 17 heavy (non-hydrogen) atoms. The molecule has 1 aromatic carbocycles. The molecule has 0 aliphatic carbocycles. The zero-order chi connectivity index (χ0) is 12.4. The van der Waals surface area contributed by atoms with Gasteiger partial charge in [0.1, 0.15) is 0 Å². The van der Waals surface area contributed by atoms with E-state index >= 15 is 0 Å². The minimum atomic E-state index is -0.504. The van der Waals surface area contributed by atoms with Gasteiger partial charge in [-0.15, -0.1) is 0 Å². The summed E-state index contributed by atoms with van der Waals surface area (Å²) in [5.41, 5.74) is 1.62. The third-order valence-electron chi connectivity index (χ3n) is 2.43. The molecule has 0 amide bonds. The number of aromatic nitrogens is 2. The van der Waals surface area contributed by atoms with Crippen LogP contribution in [0.1, 0.15) is 11.3 Å². The van der Waals surface area contributed by atoms with Crippen molar-refractivity contribution in [3.63, 3.8) is 0 Å². The Morgan fingerprint density at radius 1 is 1.47 bits per heavy atom. The fraction of sp³-hybridized carbons (Fsp3) is 0.182. The highest BCUT2D eigenvalue weighted by molar-refractivity contribution is 6.31. The highest BCUT2D eigenvalue weighted by Crippen LogP contribution is 2.18. The summed E-state index contributed by atoms with van der Waals surface area (Å²) in [6, 6.07) is 8.80. The number of rotatable bonds is 3. The van der Waals surface area contributed by atoms with Crippen LogP contribution in [-0.4, -0.2) is 14.7 Å². The van der Waals surface area contributed by atoms with Gasteiger partial charge in [0.15, 0.2) is 0 Å². The first-order chi connectivity index (χ1) is 8.08. The maximum atomic E-state index is 10.6. The molecule has 0 aliphatic rings. The molecule has 0 saturated heterocycles. The van der Waals surface area contributed by atoms with Crippen LogP contribution in [0, 0.1) is 17.0 Å². The lowest BCUT2D eigenvalue weighted by molar-refractivity contribution is -0.389. The number of hydrogen-bond donors (Lipinski definition) is 0. The number of benzene rings is 1. The average Bonchev–Trinajstić information content (AvgIpc) is 2.64. The van der Waals surface area contributed by atoms with E-state index in [1.165, 1.54) is 6.07 Å². The van der Waals surface area contributed by atoms with Gasteiger partial charge >= 0.3 is 5.82 Å². The van der Waals surface area contributed by atoms with Crippen molar-refractivity contribution in [1.29, 1.82) is 0 Å². The van der Waals surface area contributed by atoms with Crippen LogP contribution < -0.4 is 0 Å². The summed E-state index contributed by atoms with van der Waals surface area (Å²) in [6.45, 7) is 2.20. The number of aryl methyl sites for hydroxylation is 1. The van der Waals surface area contributed by atoms with Crippen LogP contribution >= 0.6 is 11.6 Å². The Bertz CT molecular complexity index is 566. The topological polar surface area (TPSA) is 61.0 Å². The van der Waals surface area contributed by atoms with Crippen molar-refractivity contribution in [2.45, 2.75) is 13.5 Å². The van der Waals surface area contributed by atoms with E-state index in [1.807, 2.05) is 18.2 Å². The van der Waals surface area contributed by atoms with Crippen molar-refractivity contribution >= 4 is 17.4 Å². The second-order valence-corrected chi connectivity index (χ2v) is 4.06. The van der Waals surface area contributed by atoms with E-state index in [2.05, 4.69) is 5.10 Å². The lowest BCUT2D eigenvalue weighted by Gasteiger charge is -2.02. The molecule has 0 saturated carbocycles. The third-order valence-corrected chi connectivity index (χ3v) is 2.80. The fourth-order valence-electron chi connectivity index (χ4n) is 1.53. The average molecular weight is 252 g/mol. The molecule has 0 fully saturated rings. The van der Waals surface area contributed by atoms with Gasteiger partial charge in [-0.05, 0) is 23.5 Å². The van der Waals surface area contributed by atoms with E-state index in [1.54, 1.807) is 17.7 Å². The Hall–Kier alpha value is -1.88. The largest absolute Gasteiger partial charge is 0.390 e. The van der Waals surface area contributed by atoms with Crippen LogP contribution in [0.4, 0.5) is 5.82 Å². The zero-order valence-electron chi connectivity index (χ0n) is 9.13. The van der Waals surface area contributed by atoms with E-state index < -0.39 is 4.92 Å². The summed E-state index contributed by atoms with van der Waals surface area (Å²) in [7, 11) is 0. The van der Waals surface area contributed by atoms with Crippen molar-refractivity contribution < 1.29 is 4.92 Å². The molecule has 88 valence electrons. The van der Waals surface area contributed by atoms with Gasteiger partial charge in [0, 0.05) is 5.02 Å². The Balaban J connectivity index is 2.30. The van der Waals surface area contributed by atoms with Crippen LogP contribution in [0.25, 0.3) is 0 Å². The Morgan fingerprint density at radius 3 is 2.76 bits per heavy atom. The number of halogens is 1. The minimum Gasteiger partial charge on any atom is -0.358 e. The second kappa shape index (κ2) is 4.55. The van der Waals surface area contributed by atoms with Crippen LogP contribution in [0.2, 0.25) is 5.02 Å². The van der Waals surface area contributed by atoms with Gasteiger partial charge in [0.2, 0.25) is 0 Å². The Kier molecular flexibility index (Phi) is 3.10. The predicted molar refractivity (Wildman–Crippen MR) is 64.2 cm³/mol. The summed E-state index contributed by atoms with van der Waals surface area (Å²) >= 11 is 6.02. The van der Waals surface area contributed by atoms with Gasteiger partial charge in [-0.25, -0.2) is 0 Å². The maximum absolute atomic E-state index is 10.6. The van der Waals surface area contributed by atoms with Crippen molar-refractivity contribution in [2.24, 2.45) is 0 Å². The molecule has 1 heterocycles. The lowest BCUT2D eigenvalue weighted by atomic mass is 10.2. The fourth-order valence-corrected chi connectivity index (χ4v) is 1.73. The molecular weight excluding hydrogens is 242 g/mol. The van der Waals surface area contributed by atoms with E-state index in [-0.39, 0.29) is 5.82 Å². The van der Waals surface area contributed by atoms with Gasteiger partial charge in [-0.2, -0.15) is 4.68 Å². The molecule has 1 aromatic heterocycles. The number of nitro groups is 1. The summed E-state index contributed by atoms with van der Waals surface area (Å²) < 4.78 is 1.57. The first-order valence-electron chi connectivity index (χ1n) is 5.00. The smallest absolute Gasteiger partial charge is 0.358 e. The highest BCUT2D eigenvalue weighted by Gasteiger charge is 2.15. The molecule has 2 aromatic rings. The lowest BCUT2D eigenvalue weighted by Crippen LogP contribution is -2.04. The molecular formula is C11H10ClN3O2. The third kappa shape index (κ3) is 2.45. The van der Waals surface area contributed by atoms with Gasteiger partial charge in [0.25, 0.3) is 0 Å². The molecule has 0 spiro atoms. The Morgan fingerprint density at radius 2 is 2.18 bits per heavy atom. The molecule has 2 rings (SSSR count). The van der Waals surface area contributed by atoms with E-state index in [0.29, 0.717) is 11.6 Å². The molecule has 0 radical (unpaired) electrons. The van der Waals surface area contributed by atoms with Crippen LogP contribution in [0.3, 0.4) is 0 Å². The van der Waals surface area contributed by atoms with Gasteiger partial charge in [-0.1, -0.05) is 29.8 Å². The van der Waals surface area contributed by atoms with Crippen molar-refractivity contribution in [1.82, 2.24) is 9.78 Å². The molecule has 0 aliphatic heterocycles.